The van der Waals surface area contributed by atoms with Gasteiger partial charge in [-0.3, -0.25) is 0 Å². The van der Waals surface area contributed by atoms with Crippen molar-refractivity contribution in [2.45, 2.75) is 6.42 Å². The highest BCUT2D eigenvalue weighted by Crippen LogP contribution is 2.22. The Balaban J connectivity index is 1.99. The second-order valence-corrected chi connectivity index (χ2v) is 4.36. The van der Waals surface area contributed by atoms with Gasteiger partial charge in [0, 0.05) is 11.9 Å². The normalized spacial score (nSPS) is 10.4. The van der Waals surface area contributed by atoms with Crippen molar-refractivity contribution < 1.29 is 4.79 Å². The lowest BCUT2D eigenvalue weighted by Crippen LogP contribution is -2.30. The van der Waals surface area contributed by atoms with E-state index in [9.17, 15) is 4.79 Å². The molecule has 0 unspecified atom stereocenters. The van der Waals surface area contributed by atoms with Crippen molar-refractivity contribution in [1.29, 1.82) is 0 Å². The largest absolute Gasteiger partial charge is 0.338 e. The van der Waals surface area contributed by atoms with E-state index >= 15 is 0 Å². The Morgan fingerprint density at radius 2 is 1.84 bits per heavy atom. The average Bonchev–Trinajstić information content (AvgIpc) is 2.44. The van der Waals surface area contributed by atoms with E-state index in [0.29, 0.717) is 6.54 Å². The number of amides is 2. The van der Waals surface area contributed by atoms with Crippen LogP contribution < -0.4 is 16.0 Å². The molecular formula is C15H19N3O. The molecule has 0 bridgehead atoms. The van der Waals surface area contributed by atoms with Crippen molar-refractivity contribution in [3.05, 3.63) is 42.5 Å². The number of fused-ring (bicyclic) bond motifs is 1. The molecule has 0 aliphatic rings. The zero-order valence-electron chi connectivity index (χ0n) is 11.1. The maximum Gasteiger partial charge on any atom is 0.319 e. The van der Waals surface area contributed by atoms with Crippen molar-refractivity contribution in [2.24, 2.45) is 0 Å². The van der Waals surface area contributed by atoms with Crippen LogP contribution >= 0.6 is 0 Å². The molecule has 3 N–H and O–H groups in total. The minimum absolute atomic E-state index is 0.160. The molecule has 0 radical (unpaired) electrons. The first-order valence-corrected chi connectivity index (χ1v) is 6.48. The number of rotatable bonds is 5. The van der Waals surface area contributed by atoms with Crippen LogP contribution in [0.2, 0.25) is 0 Å². The highest BCUT2D eigenvalue weighted by Gasteiger charge is 2.04. The van der Waals surface area contributed by atoms with Gasteiger partial charge in [0.05, 0.1) is 5.69 Å². The fraction of sp³-hybridized carbons (Fsp3) is 0.267. The van der Waals surface area contributed by atoms with Crippen molar-refractivity contribution >= 4 is 22.5 Å². The van der Waals surface area contributed by atoms with E-state index in [-0.39, 0.29) is 6.03 Å². The molecule has 0 fully saturated rings. The summed E-state index contributed by atoms with van der Waals surface area (Å²) in [6.45, 7) is 1.56. The van der Waals surface area contributed by atoms with Gasteiger partial charge in [0.1, 0.15) is 0 Å². The van der Waals surface area contributed by atoms with Crippen LogP contribution in [0.4, 0.5) is 10.5 Å². The van der Waals surface area contributed by atoms with Gasteiger partial charge in [-0.1, -0.05) is 36.4 Å². The van der Waals surface area contributed by atoms with Crippen LogP contribution in [0.1, 0.15) is 6.42 Å². The molecule has 0 saturated carbocycles. The molecular weight excluding hydrogens is 238 g/mol. The summed E-state index contributed by atoms with van der Waals surface area (Å²) >= 11 is 0. The van der Waals surface area contributed by atoms with Gasteiger partial charge in [-0.2, -0.15) is 0 Å². The molecule has 100 valence electrons. The van der Waals surface area contributed by atoms with Gasteiger partial charge in [0.25, 0.3) is 0 Å². The molecule has 2 aromatic carbocycles. The Morgan fingerprint density at radius 1 is 1.05 bits per heavy atom. The first-order chi connectivity index (χ1) is 9.31. The highest BCUT2D eigenvalue weighted by atomic mass is 16.2. The van der Waals surface area contributed by atoms with Gasteiger partial charge in [0.15, 0.2) is 0 Å². The molecule has 4 heteroatoms. The molecule has 0 atom stereocenters. The van der Waals surface area contributed by atoms with Crippen molar-refractivity contribution in [3.8, 4) is 0 Å². The number of anilines is 1. The van der Waals surface area contributed by atoms with Crippen molar-refractivity contribution in [2.75, 3.05) is 25.5 Å². The van der Waals surface area contributed by atoms with Gasteiger partial charge in [-0.15, -0.1) is 0 Å². The Hall–Kier alpha value is -2.07. The van der Waals surface area contributed by atoms with Crippen molar-refractivity contribution in [1.82, 2.24) is 10.6 Å². The van der Waals surface area contributed by atoms with E-state index in [1.165, 1.54) is 0 Å². The number of hydrogen-bond donors (Lipinski definition) is 3. The zero-order chi connectivity index (χ0) is 13.5. The summed E-state index contributed by atoms with van der Waals surface area (Å²) < 4.78 is 0. The van der Waals surface area contributed by atoms with E-state index in [1.807, 2.05) is 49.5 Å². The Labute approximate surface area is 113 Å². The number of benzene rings is 2. The van der Waals surface area contributed by atoms with Crippen molar-refractivity contribution in [3.63, 3.8) is 0 Å². The fourth-order valence-corrected chi connectivity index (χ4v) is 1.97. The predicted octanol–water partition coefficient (Wildman–Crippen LogP) is 2.57. The maximum absolute atomic E-state index is 11.8. The monoisotopic (exact) mass is 257 g/mol. The zero-order valence-corrected chi connectivity index (χ0v) is 11.1. The minimum Gasteiger partial charge on any atom is -0.338 e. The molecule has 19 heavy (non-hydrogen) atoms. The highest BCUT2D eigenvalue weighted by molar-refractivity contribution is 6.01. The molecule has 0 heterocycles. The lowest BCUT2D eigenvalue weighted by atomic mass is 10.1. The SMILES string of the molecule is CNCCCNC(=O)Nc1cccc2ccccc12. The first-order valence-electron chi connectivity index (χ1n) is 6.48. The lowest BCUT2D eigenvalue weighted by molar-refractivity contribution is 0.252. The second-order valence-electron chi connectivity index (χ2n) is 4.36. The average molecular weight is 257 g/mol. The third kappa shape index (κ3) is 3.69. The third-order valence-electron chi connectivity index (χ3n) is 2.93. The first kappa shape index (κ1) is 13.4. The van der Waals surface area contributed by atoms with Crippen LogP contribution in [0, 0.1) is 0 Å². The smallest absolute Gasteiger partial charge is 0.319 e. The standard InChI is InChI=1S/C15H19N3O/c1-16-10-5-11-17-15(19)18-14-9-4-7-12-6-2-3-8-13(12)14/h2-4,6-9,16H,5,10-11H2,1H3,(H2,17,18,19). The fourth-order valence-electron chi connectivity index (χ4n) is 1.97. The Bertz CT molecular complexity index is 549. The number of nitrogens with one attached hydrogen (secondary N) is 3. The summed E-state index contributed by atoms with van der Waals surface area (Å²) in [6, 6.07) is 13.7. The summed E-state index contributed by atoms with van der Waals surface area (Å²) in [5.41, 5.74) is 0.837. The Morgan fingerprint density at radius 3 is 2.68 bits per heavy atom. The second kappa shape index (κ2) is 6.75. The van der Waals surface area contributed by atoms with Gasteiger partial charge in [0.2, 0.25) is 0 Å². The van der Waals surface area contributed by atoms with Gasteiger partial charge >= 0.3 is 6.03 Å². The van der Waals surface area contributed by atoms with Crippen LogP contribution in [0.25, 0.3) is 10.8 Å². The van der Waals surface area contributed by atoms with E-state index in [0.717, 1.165) is 29.4 Å². The Kier molecular flexibility index (Phi) is 4.75. The molecule has 2 aromatic rings. The summed E-state index contributed by atoms with van der Waals surface area (Å²) in [6.07, 6.45) is 0.916. The summed E-state index contributed by atoms with van der Waals surface area (Å²) in [4.78, 5) is 11.8. The summed E-state index contributed by atoms with van der Waals surface area (Å²) in [5.74, 6) is 0. The quantitative estimate of drug-likeness (QED) is 0.721. The van der Waals surface area contributed by atoms with Gasteiger partial charge < -0.3 is 16.0 Å². The lowest BCUT2D eigenvalue weighted by Gasteiger charge is -2.10. The van der Waals surface area contributed by atoms with Crippen LogP contribution in [0.15, 0.2) is 42.5 Å². The summed E-state index contributed by atoms with van der Waals surface area (Å²) in [7, 11) is 1.90. The molecule has 2 amide bonds. The molecule has 0 spiro atoms. The number of carbonyl (C=O) groups excluding carboxylic acids is 1. The van der Waals surface area contributed by atoms with Crippen LogP contribution in [0.5, 0.6) is 0 Å². The van der Waals surface area contributed by atoms with E-state index < -0.39 is 0 Å². The summed E-state index contributed by atoms with van der Waals surface area (Å²) in [5, 5.41) is 10.9. The van der Waals surface area contributed by atoms with Gasteiger partial charge in [-0.25, -0.2) is 4.79 Å². The number of hydrogen-bond acceptors (Lipinski definition) is 2. The topological polar surface area (TPSA) is 53.2 Å². The predicted molar refractivity (Wildman–Crippen MR) is 79.5 cm³/mol. The molecule has 0 aliphatic carbocycles. The molecule has 2 rings (SSSR count). The maximum atomic E-state index is 11.8. The van der Waals surface area contributed by atoms with Crippen LogP contribution in [-0.2, 0) is 0 Å². The third-order valence-corrected chi connectivity index (χ3v) is 2.93. The van der Waals surface area contributed by atoms with E-state index in [2.05, 4.69) is 16.0 Å². The number of urea groups is 1. The van der Waals surface area contributed by atoms with E-state index in [1.54, 1.807) is 0 Å². The van der Waals surface area contributed by atoms with Gasteiger partial charge in [-0.05, 0) is 31.5 Å². The molecule has 4 nitrogen and oxygen atoms in total. The molecule has 0 saturated heterocycles. The van der Waals surface area contributed by atoms with Crippen LogP contribution in [-0.4, -0.2) is 26.2 Å². The molecule has 0 aromatic heterocycles. The van der Waals surface area contributed by atoms with Crippen LogP contribution in [0.3, 0.4) is 0 Å². The van der Waals surface area contributed by atoms with E-state index in [4.69, 9.17) is 0 Å². The molecule has 0 aliphatic heterocycles. The number of carbonyl (C=O) groups is 1. The minimum atomic E-state index is -0.160.